The van der Waals surface area contributed by atoms with Crippen molar-refractivity contribution >= 4 is 35.9 Å². The number of piperidine rings is 1. The van der Waals surface area contributed by atoms with E-state index in [4.69, 9.17) is 21.1 Å². The third-order valence-corrected chi connectivity index (χ3v) is 7.25. The lowest BCUT2D eigenvalue weighted by Gasteiger charge is -2.46. The molecule has 0 unspecified atom stereocenters. The van der Waals surface area contributed by atoms with Crippen LogP contribution in [0.15, 0.2) is 48.7 Å². The molecule has 9 heteroatoms. The molecule has 2 aromatic rings. The van der Waals surface area contributed by atoms with Crippen LogP contribution >= 0.6 is 24.0 Å². The van der Waals surface area contributed by atoms with Crippen molar-refractivity contribution in [1.82, 2.24) is 15.2 Å². The van der Waals surface area contributed by atoms with Crippen molar-refractivity contribution in [1.29, 1.82) is 0 Å². The SMILES string of the molecule is Cl.O=C(NC1CC1)OC[C@H]1CN(C2CCN(c3ccccn3)CC2)[C@@H](Cc2ccc(Cl)cc2)CO1. The molecule has 2 atom stereocenters. The minimum absolute atomic E-state index is 0. The van der Waals surface area contributed by atoms with E-state index in [9.17, 15) is 4.79 Å². The number of anilines is 1. The van der Waals surface area contributed by atoms with Gasteiger partial charge in [0.1, 0.15) is 18.5 Å². The Bertz CT molecular complexity index is 937. The Labute approximate surface area is 218 Å². The van der Waals surface area contributed by atoms with E-state index in [1.165, 1.54) is 5.56 Å². The molecule has 5 rings (SSSR count). The second-order valence-electron chi connectivity index (χ2n) is 9.56. The van der Waals surface area contributed by atoms with Gasteiger partial charge in [0, 0.05) is 49.0 Å². The predicted octanol–water partition coefficient (Wildman–Crippen LogP) is 4.33. The Kier molecular flexibility index (Phi) is 9.11. The summed E-state index contributed by atoms with van der Waals surface area (Å²) >= 11 is 6.09. The van der Waals surface area contributed by atoms with E-state index in [0.29, 0.717) is 18.7 Å². The number of carbonyl (C=O) groups is 1. The normalized spacial score (nSPS) is 23.4. The molecule has 7 nitrogen and oxygen atoms in total. The number of hydrogen-bond donors (Lipinski definition) is 1. The van der Waals surface area contributed by atoms with Gasteiger partial charge in [-0.25, -0.2) is 9.78 Å². The minimum Gasteiger partial charge on any atom is -0.447 e. The number of amides is 1. The maximum Gasteiger partial charge on any atom is 0.407 e. The van der Waals surface area contributed by atoms with E-state index >= 15 is 0 Å². The summed E-state index contributed by atoms with van der Waals surface area (Å²) in [5.41, 5.74) is 1.26. The summed E-state index contributed by atoms with van der Waals surface area (Å²) in [7, 11) is 0. The van der Waals surface area contributed by atoms with E-state index in [-0.39, 0.29) is 37.3 Å². The first kappa shape index (κ1) is 26.0. The number of benzene rings is 1. The number of alkyl carbamates (subject to hydrolysis) is 1. The maximum absolute atomic E-state index is 12.0. The predicted molar refractivity (Wildman–Crippen MR) is 140 cm³/mol. The van der Waals surface area contributed by atoms with Gasteiger partial charge in [-0.3, -0.25) is 4.90 Å². The van der Waals surface area contributed by atoms with Crippen LogP contribution in [-0.4, -0.2) is 73.1 Å². The largest absolute Gasteiger partial charge is 0.447 e. The standard InChI is InChI=1S/C26H33ClN4O3.ClH/c27-20-6-4-19(5-7-20)15-23-17-33-24(18-34-26(32)29-21-8-9-21)16-31(23)22-10-13-30(14-11-22)25-3-1-2-12-28-25;/h1-7,12,21-24H,8-11,13-18H2,(H,29,32);1H/t23-,24+;/m0./s1. The molecule has 3 aliphatic rings. The second-order valence-corrected chi connectivity index (χ2v) is 10.00. The molecule has 0 bridgehead atoms. The quantitative estimate of drug-likeness (QED) is 0.586. The first-order valence-corrected chi connectivity index (χ1v) is 12.7. The Balaban J connectivity index is 0.00000289. The van der Waals surface area contributed by atoms with Gasteiger partial charge in [0.25, 0.3) is 0 Å². The zero-order valence-electron chi connectivity index (χ0n) is 19.9. The molecule has 0 spiro atoms. The van der Waals surface area contributed by atoms with Gasteiger partial charge in [-0.1, -0.05) is 29.8 Å². The number of nitrogens with one attached hydrogen (secondary N) is 1. The van der Waals surface area contributed by atoms with E-state index in [1.807, 2.05) is 30.5 Å². The molecular weight excluding hydrogens is 487 g/mol. The Hall–Kier alpha value is -2.06. The van der Waals surface area contributed by atoms with E-state index in [1.54, 1.807) is 0 Å². The van der Waals surface area contributed by atoms with Gasteiger partial charge in [0.05, 0.1) is 6.61 Å². The zero-order chi connectivity index (χ0) is 23.3. The van der Waals surface area contributed by atoms with Crippen molar-refractivity contribution in [3.05, 3.63) is 59.2 Å². The Morgan fingerprint density at radius 2 is 1.89 bits per heavy atom. The topological polar surface area (TPSA) is 66.9 Å². The molecule has 0 radical (unpaired) electrons. The number of aromatic nitrogens is 1. The summed E-state index contributed by atoms with van der Waals surface area (Å²) < 4.78 is 11.7. The fourth-order valence-electron chi connectivity index (χ4n) is 4.97. The molecule has 1 N–H and O–H groups in total. The molecule has 2 aliphatic heterocycles. The summed E-state index contributed by atoms with van der Waals surface area (Å²) in [5, 5.41) is 3.64. The number of rotatable bonds is 7. The molecule has 35 heavy (non-hydrogen) atoms. The molecular formula is C26H34Cl2N4O3. The Morgan fingerprint density at radius 1 is 1.11 bits per heavy atom. The van der Waals surface area contributed by atoms with Crippen molar-refractivity contribution < 1.29 is 14.3 Å². The summed E-state index contributed by atoms with van der Waals surface area (Å²) in [6, 6.07) is 15.2. The van der Waals surface area contributed by atoms with Gasteiger partial charge in [-0.15, -0.1) is 12.4 Å². The summed E-state index contributed by atoms with van der Waals surface area (Å²) in [6.45, 7) is 3.65. The third-order valence-electron chi connectivity index (χ3n) is 7.00. The van der Waals surface area contributed by atoms with Gasteiger partial charge < -0.3 is 19.7 Å². The Morgan fingerprint density at radius 3 is 2.57 bits per heavy atom. The van der Waals surface area contributed by atoms with Crippen LogP contribution in [0.5, 0.6) is 0 Å². The zero-order valence-corrected chi connectivity index (χ0v) is 21.4. The second kappa shape index (κ2) is 12.3. The van der Waals surface area contributed by atoms with Gasteiger partial charge in [0.15, 0.2) is 0 Å². The highest BCUT2D eigenvalue weighted by atomic mass is 35.5. The summed E-state index contributed by atoms with van der Waals surface area (Å²) in [4.78, 5) is 21.5. The van der Waals surface area contributed by atoms with Crippen molar-refractivity contribution in [2.45, 2.75) is 56.3 Å². The fourth-order valence-corrected chi connectivity index (χ4v) is 5.09. The van der Waals surface area contributed by atoms with Crippen LogP contribution < -0.4 is 10.2 Å². The third kappa shape index (κ3) is 7.23. The molecule has 1 aliphatic carbocycles. The monoisotopic (exact) mass is 520 g/mol. The van der Waals surface area contributed by atoms with Gasteiger partial charge in [-0.05, 0) is 61.9 Å². The molecule has 1 amide bonds. The molecule has 3 fully saturated rings. The number of pyridine rings is 1. The molecule has 190 valence electrons. The summed E-state index contributed by atoms with van der Waals surface area (Å²) in [6.07, 6.45) is 6.57. The van der Waals surface area contributed by atoms with Crippen LogP contribution in [0.4, 0.5) is 10.6 Å². The van der Waals surface area contributed by atoms with Crippen LogP contribution in [-0.2, 0) is 15.9 Å². The van der Waals surface area contributed by atoms with Crippen LogP contribution in [0, 0.1) is 0 Å². The number of nitrogens with zero attached hydrogens (tertiary/aromatic N) is 3. The average molecular weight is 521 g/mol. The molecule has 3 heterocycles. The van der Waals surface area contributed by atoms with Crippen molar-refractivity contribution in [3.63, 3.8) is 0 Å². The molecule has 1 aromatic heterocycles. The number of carbonyl (C=O) groups excluding carboxylic acids is 1. The van der Waals surface area contributed by atoms with Crippen molar-refractivity contribution in [2.24, 2.45) is 0 Å². The number of halogens is 2. The smallest absolute Gasteiger partial charge is 0.407 e. The average Bonchev–Trinajstić information content (AvgIpc) is 3.69. The molecule has 2 saturated heterocycles. The number of ether oxygens (including phenoxy) is 2. The van der Waals surface area contributed by atoms with E-state index in [0.717, 1.165) is 62.6 Å². The van der Waals surface area contributed by atoms with E-state index < -0.39 is 0 Å². The van der Waals surface area contributed by atoms with Gasteiger partial charge in [-0.2, -0.15) is 0 Å². The van der Waals surface area contributed by atoms with Crippen LogP contribution in [0.2, 0.25) is 5.02 Å². The van der Waals surface area contributed by atoms with Crippen LogP contribution in [0.3, 0.4) is 0 Å². The van der Waals surface area contributed by atoms with Gasteiger partial charge in [0.2, 0.25) is 0 Å². The fraction of sp³-hybridized carbons (Fsp3) is 0.538. The number of hydrogen-bond acceptors (Lipinski definition) is 6. The highest BCUT2D eigenvalue weighted by Crippen LogP contribution is 2.27. The lowest BCUT2D eigenvalue weighted by atomic mass is 9.96. The minimum atomic E-state index is -0.329. The highest BCUT2D eigenvalue weighted by Gasteiger charge is 2.36. The molecule has 1 saturated carbocycles. The lowest BCUT2D eigenvalue weighted by molar-refractivity contribution is -0.0989. The van der Waals surface area contributed by atoms with E-state index in [2.05, 4.69) is 38.3 Å². The van der Waals surface area contributed by atoms with Crippen molar-refractivity contribution in [2.75, 3.05) is 37.7 Å². The highest BCUT2D eigenvalue weighted by molar-refractivity contribution is 6.30. The first-order chi connectivity index (χ1) is 16.6. The summed E-state index contributed by atoms with van der Waals surface area (Å²) in [5.74, 6) is 1.05. The maximum atomic E-state index is 12.0. The van der Waals surface area contributed by atoms with Crippen molar-refractivity contribution in [3.8, 4) is 0 Å². The van der Waals surface area contributed by atoms with Crippen LogP contribution in [0.1, 0.15) is 31.2 Å². The lowest BCUT2D eigenvalue weighted by Crippen LogP contribution is -2.58. The molecule has 1 aromatic carbocycles. The van der Waals surface area contributed by atoms with Gasteiger partial charge >= 0.3 is 6.09 Å². The number of morpholine rings is 1. The van der Waals surface area contributed by atoms with Crippen LogP contribution in [0.25, 0.3) is 0 Å². The first-order valence-electron chi connectivity index (χ1n) is 12.3.